The van der Waals surface area contributed by atoms with Crippen molar-refractivity contribution >= 4 is 5.91 Å². The molecule has 1 amide bonds. The van der Waals surface area contributed by atoms with E-state index in [9.17, 15) is 9.90 Å². The van der Waals surface area contributed by atoms with E-state index in [1.807, 2.05) is 0 Å². The molecule has 0 bridgehead atoms. The molecule has 1 aliphatic heterocycles. The largest absolute Gasteiger partial charge is 0.461 e. The fourth-order valence-corrected chi connectivity index (χ4v) is 2.38. The molecule has 0 aromatic carbocycles. The van der Waals surface area contributed by atoms with Crippen molar-refractivity contribution in [3.05, 3.63) is 18.4 Å². The topological polar surface area (TPSA) is 97.3 Å². The number of furan rings is 1. The lowest BCUT2D eigenvalue weighted by Gasteiger charge is -2.22. The van der Waals surface area contributed by atoms with Gasteiger partial charge in [0.2, 0.25) is 11.7 Å². The lowest BCUT2D eigenvalue weighted by Crippen LogP contribution is -2.39. The highest BCUT2D eigenvalue weighted by Gasteiger charge is 2.28. The quantitative estimate of drug-likeness (QED) is 0.839. The molecule has 1 fully saturated rings. The molecule has 0 unspecified atom stereocenters. The monoisotopic (exact) mass is 277 g/mol. The van der Waals surface area contributed by atoms with Crippen molar-refractivity contribution in [3.8, 4) is 11.6 Å². The van der Waals surface area contributed by atoms with Crippen LogP contribution in [0.15, 0.2) is 22.8 Å². The summed E-state index contributed by atoms with van der Waals surface area (Å²) in [6, 6.07) is 3.37. The minimum atomic E-state index is -0.107. The Morgan fingerprint density at radius 1 is 1.55 bits per heavy atom. The van der Waals surface area contributed by atoms with Crippen LogP contribution in [0.5, 0.6) is 0 Å². The van der Waals surface area contributed by atoms with Crippen molar-refractivity contribution in [2.45, 2.75) is 25.4 Å². The first-order chi connectivity index (χ1) is 9.78. The van der Waals surface area contributed by atoms with Crippen LogP contribution in [0.25, 0.3) is 11.6 Å². The van der Waals surface area contributed by atoms with Gasteiger partial charge < -0.3 is 14.4 Å². The fraction of sp³-hybridized carbons (Fsp3) is 0.500. The summed E-state index contributed by atoms with van der Waals surface area (Å²) < 4.78 is 5.17. The van der Waals surface area contributed by atoms with E-state index in [1.54, 1.807) is 17.0 Å². The smallest absolute Gasteiger partial charge is 0.246 e. The van der Waals surface area contributed by atoms with E-state index in [1.165, 1.54) is 11.1 Å². The van der Waals surface area contributed by atoms with Crippen molar-refractivity contribution in [2.24, 2.45) is 0 Å². The molecule has 0 radical (unpaired) electrons. The maximum absolute atomic E-state index is 12.1. The van der Waals surface area contributed by atoms with E-state index in [0.717, 1.165) is 12.8 Å². The van der Waals surface area contributed by atoms with E-state index in [-0.39, 0.29) is 25.1 Å². The summed E-state index contributed by atoms with van der Waals surface area (Å²) in [6.45, 7) is 0.683. The average molecular weight is 277 g/mol. The van der Waals surface area contributed by atoms with Crippen LogP contribution in [0, 0.1) is 0 Å². The van der Waals surface area contributed by atoms with Gasteiger partial charge in [-0.1, -0.05) is 0 Å². The van der Waals surface area contributed by atoms with Crippen molar-refractivity contribution < 1.29 is 14.3 Å². The average Bonchev–Trinajstić information content (AvgIpc) is 3.19. The van der Waals surface area contributed by atoms with Gasteiger partial charge in [-0.25, -0.2) is 0 Å². The third kappa shape index (κ3) is 2.42. The normalized spacial score (nSPS) is 18.6. The maximum Gasteiger partial charge on any atom is 0.246 e. The highest BCUT2D eigenvalue weighted by Crippen LogP contribution is 2.17. The number of hydrogen-bond acceptors (Lipinski definition) is 6. The maximum atomic E-state index is 12.1. The predicted octanol–water partition coefficient (Wildman–Crippen LogP) is -0.0836. The second-order valence-electron chi connectivity index (χ2n) is 4.69. The van der Waals surface area contributed by atoms with Crippen LogP contribution in [-0.4, -0.2) is 55.3 Å². The van der Waals surface area contributed by atoms with Gasteiger partial charge in [-0.2, -0.15) is 4.80 Å². The van der Waals surface area contributed by atoms with Crippen LogP contribution in [0.4, 0.5) is 0 Å². The number of amides is 1. The van der Waals surface area contributed by atoms with Crippen LogP contribution >= 0.6 is 0 Å². The number of aromatic nitrogens is 4. The second kappa shape index (κ2) is 5.41. The zero-order valence-corrected chi connectivity index (χ0v) is 10.8. The Morgan fingerprint density at radius 3 is 3.20 bits per heavy atom. The minimum absolute atomic E-state index is 0.00578. The molecule has 106 valence electrons. The van der Waals surface area contributed by atoms with Gasteiger partial charge in [-0.15, -0.1) is 10.2 Å². The first-order valence-electron chi connectivity index (χ1n) is 6.50. The van der Waals surface area contributed by atoms with Crippen molar-refractivity contribution in [3.63, 3.8) is 0 Å². The molecule has 3 heterocycles. The van der Waals surface area contributed by atoms with Crippen molar-refractivity contribution in [1.29, 1.82) is 0 Å². The number of carbonyl (C=O) groups excluding carboxylic acids is 1. The van der Waals surface area contributed by atoms with Gasteiger partial charge in [-0.05, 0) is 30.2 Å². The lowest BCUT2D eigenvalue weighted by atomic mass is 10.2. The highest BCUT2D eigenvalue weighted by atomic mass is 16.3. The number of likely N-dealkylation sites (tertiary alicyclic amines) is 1. The molecule has 0 saturated carbocycles. The van der Waals surface area contributed by atoms with E-state index in [2.05, 4.69) is 15.4 Å². The van der Waals surface area contributed by atoms with Crippen molar-refractivity contribution in [2.75, 3.05) is 13.2 Å². The molecule has 0 spiro atoms. The van der Waals surface area contributed by atoms with Crippen LogP contribution in [0.3, 0.4) is 0 Å². The number of rotatable bonds is 4. The molecular weight excluding hydrogens is 262 g/mol. The Morgan fingerprint density at radius 2 is 2.45 bits per heavy atom. The summed E-state index contributed by atoms with van der Waals surface area (Å²) in [7, 11) is 0. The molecule has 3 rings (SSSR count). The van der Waals surface area contributed by atoms with Gasteiger partial charge in [0.1, 0.15) is 6.54 Å². The first kappa shape index (κ1) is 12.8. The van der Waals surface area contributed by atoms with Gasteiger partial charge in [-0.3, -0.25) is 4.79 Å². The van der Waals surface area contributed by atoms with E-state index < -0.39 is 0 Å². The molecule has 2 aromatic heterocycles. The number of carbonyl (C=O) groups is 1. The second-order valence-corrected chi connectivity index (χ2v) is 4.69. The summed E-state index contributed by atoms with van der Waals surface area (Å²) in [5.74, 6) is 0.756. The number of aliphatic hydroxyl groups is 1. The summed E-state index contributed by atoms with van der Waals surface area (Å²) >= 11 is 0. The van der Waals surface area contributed by atoms with Crippen LogP contribution in [0.1, 0.15) is 12.8 Å². The molecule has 2 aromatic rings. The number of aliphatic hydroxyl groups excluding tert-OH is 1. The number of nitrogens with zero attached hydrogens (tertiary/aromatic N) is 5. The summed E-state index contributed by atoms with van der Waals surface area (Å²) in [6.07, 6.45) is 3.28. The standard InChI is InChI=1S/C12H15N5O3/c18-8-9-3-1-5-16(9)11(19)7-17-14-12(13-15-17)10-4-2-6-20-10/h2,4,6,9,18H,1,3,5,7-8H2/t9-/m0/s1. The summed E-state index contributed by atoms with van der Waals surface area (Å²) in [4.78, 5) is 15.1. The first-order valence-corrected chi connectivity index (χ1v) is 6.50. The minimum Gasteiger partial charge on any atom is -0.461 e. The van der Waals surface area contributed by atoms with E-state index >= 15 is 0 Å². The molecule has 8 nitrogen and oxygen atoms in total. The molecule has 1 saturated heterocycles. The Labute approximate surface area is 115 Å². The third-order valence-electron chi connectivity index (χ3n) is 3.38. The van der Waals surface area contributed by atoms with Gasteiger partial charge in [0.15, 0.2) is 5.76 Å². The Bertz CT molecular complexity index is 580. The van der Waals surface area contributed by atoms with Gasteiger partial charge >= 0.3 is 0 Å². The summed E-state index contributed by atoms with van der Waals surface area (Å²) in [5.41, 5.74) is 0. The van der Waals surface area contributed by atoms with Gasteiger partial charge in [0.25, 0.3) is 0 Å². The molecule has 1 atom stereocenters. The number of hydrogen-bond donors (Lipinski definition) is 1. The van der Waals surface area contributed by atoms with Crippen LogP contribution in [-0.2, 0) is 11.3 Å². The Balaban J connectivity index is 1.67. The third-order valence-corrected chi connectivity index (χ3v) is 3.38. The highest BCUT2D eigenvalue weighted by molar-refractivity contribution is 5.76. The summed E-state index contributed by atoms with van der Waals surface area (Å²) in [5, 5.41) is 21.0. The molecule has 1 aliphatic rings. The molecular formula is C12H15N5O3. The zero-order chi connectivity index (χ0) is 13.9. The van der Waals surface area contributed by atoms with Crippen LogP contribution < -0.4 is 0 Å². The Hall–Kier alpha value is -2.22. The van der Waals surface area contributed by atoms with Crippen molar-refractivity contribution in [1.82, 2.24) is 25.1 Å². The zero-order valence-electron chi connectivity index (χ0n) is 10.8. The molecule has 1 N–H and O–H groups in total. The SMILES string of the molecule is O=C(Cn1nnc(-c2ccco2)n1)N1CCC[C@H]1CO. The van der Waals surface area contributed by atoms with Crippen LogP contribution in [0.2, 0.25) is 0 Å². The molecule has 20 heavy (non-hydrogen) atoms. The lowest BCUT2D eigenvalue weighted by molar-refractivity contribution is -0.133. The van der Waals surface area contributed by atoms with Gasteiger partial charge in [0, 0.05) is 6.54 Å². The van der Waals surface area contributed by atoms with E-state index in [4.69, 9.17) is 4.42 Å². The fourth-order valence-electron chi connectivity index (χ4n) is 2.38. The molecule has 0 aliphatic carbocycles. The van der Waals surface area contributed by atoms with E-state index in [0.29, 0.717) is 18.1 Å². The Kier molecular flexibility index (Phi) is 3.46. The van der Waals surface area contributed by atoms with Gasteiger partial charge in [0.05, 0.1) is 18.9 Å². The number of tetrazole rings is 1. The molecule has 8 heteroatoms. The predicted molar refractivity (Wildman–Crippen MR) is 67.3 cm³/mol.